The van der Waals surface area contributed by atoms with Crippen molar-refractivity contribution < 1.29 is 14.6 Å². The smallest absolute Gasteiger partial charge is 0.303 e. The molecule has 2 heterocycles. The fourth-order valence-electron chi connectivity index (χ4n) is 4.76. The average molecular weight is 507 g/mol. The third-order valence-corrected chi connectivity index (χ3v) is 8.78. The third-order valence-electron chi connectivity index (χ3n) is 7.08. The molecule has 0 unspecified atom stereocenters. The van der Waals surface area contributed by atoms with E-state index in [0.29, 0.717) is 30.8 Å². The summed E-state index contributed by atoms with van der Waals surface area (Å²) in [5.74, 6) is 1.66. The highest BCUT2D eigenvalue weighted by Crippen LogP contribution is 2.37. The second kappa shape index (κ2) is 11.5. The monoisotopic (exact) mass is 506 g/mol. The molecule has 0 aliphatic heterocycles. The molecule has 1 aliphatic rings. The zero-order valence-electron chi connectivity index (χ0n) is 21.9. The van der Waals surface area contributed by atoms with Gasteiger partial charge in [-0.25, -0.2) is 9.67 Å². The van der Waals surface area contributed by atoms with Gasteiger partial charge in [0.1, 0.15) is 12.6 Å². The molecule has 3 aromatic rings. The van der Waals surface area contributed by atoms with E-state index in [1.54, 1.807) is 4.68 Å². The second-order valence-electron chi connectivity index (χ2n) is 11.2. The molecule has 0 saturated heterocycles. The third kappa shape index (κ3) is 7.10. The highest BCUT2D eigenvalue weighted by molar-refractivity contribution is 6.76. The number of nitrogens with zero attached hydrogens (tertiary/aromatic N) is 4. The molecule has 0 spiro atoms. The van der Waals surface area contributed by atoms with Crippen molar-refractivity contribution in [3.8, 4) is 22.6 Å². The maximum Gasteiger partial charge on any atom is 0.303 e. The van der Waals surface area contributed by atoms with Crippen LogP contribution in [0.15, 0.2) is 42.6 Å². The maximum atomic E-state index is 11.0. The molecule has 2 aromatic heterocycles. The molecule has 0 atom stereocenters. The van der Waals surface area contributed by atoms with E-state index in [2.05, 4.69) is 59.0 Å². The Morgan fingerprint density at radius 2 is 1.75 bits per heavy atom. The van der Waals surface area contributed by atoms with E-state index >= 15 is 0 Å². The van der Waals surface area contributed by atoms with Gasteiger partial charge in [-0.1, -0.05) is 43.9 Å². The van der Waals surface area contributed by atoms with Crippen molar-refractivity contribution in [3.63, 3.8) is 0 Å². The number of carboxylic acid groups (broad SMARTS) is 1. The summed E-state index contributed by atoms with van der Waals surface area (Å²) in [4.78, 5) is 20.2. The molecule has 1 aromatic carbocycles. The molecular formula is C28H38N4O3Si. The number of hydrogen-bond acceptors (Lipinski definition) is 5. The Bertz CT molecular complexity index is 1150. The molecule has 1 aliphatic carbocycles. The van der Waals surface area contributed by atoms with Crippen molar-refractivity contribution in [2.24, 2.45) is 5.92 Å². The number of hydrogen-bond donors (Lipinski definition) is 1. The van der Waals surface area contributed by atoms with Crippen LogP contribution >= 0.6 is 0 Å². The number of pyridine rings is 1. The first-order chi connectivity index (χ1) is 17.2. The number of aliphatic carboxylic acids is 1. The average Bonchev–Trinajstić information content (AvgIpc) is 3.22. The van der Waals surface area contributed by atoms with Crippen molar-refractivity contribution in [3.05, 3.63) is 54.0 Å². The number of aromatic nitrogens is 4. The normalized spacial score (nSPS) is 18.3. The van der Waals surface area contributed by atoms with Gasteiger partial charge >= 0.3 is 5.97 Å². The Hall–Kier alpha value is -2.84. The Balaban J connectivity index is 1.34. The first-order valence-electron chi connectivity index (χ1n) is 13.0. The second-order valence-corrected chi connectivity index (χ2v) is 16.8. The van der Waals surface area contributed by atoms with Crippen molar-refractivity contribution >= 4 is 14.0 Å². The lowest BCUT2D eigenvalue weighted by Gasteiger charge is -2.28. The summed E-state index contributed by atoms with van der Waals surface area (Å²) >= 11 is 0. The highest BCUT2D eigenvalue weighted by Gasteiger charge is 2.24. The van der Waals surface area contributed by atoms with Gasteiger partial charge in [0.05, 0.1) is 5.69 Å². The molecule has 1 N–H and O–H groups in total. The lowest BCUT2D eigenvalue weighted by molar-refractivity contribution is -0.138. The zero-order chi connectivity index (χ0) is 25.7. The molecule has 36 heavy (non-hydrogen) atoms. The van der Waals surface area contributed by atoms with Gasteiger partial charge in [0, 0.05) is 38.4 Å². The number of aryl methyl sites for hydroxylation is 1. The van der Waals surface area contributed by atoms with Crippen LogP contribution in [0.4, 0.5) is 0 Å². The summed E-state index contributed by atoms with van der Waals surface area (Å²) in [5, 5.41) is 13.6. The minimum absolute atomic E-state index is 0.301. The van der Waals surface area contributed by atoms with E-state index in [0.717, 1.165) is 61.0 Å². The van der Waals surface area contributed by atoms with Gasteiger partial charge < -0.3 is 9.84 Å². The lowest BCUT2D eigenvalue weighted by atomic mass is 9.77. The summed E-state index contributed by atoms with van der Waals surface area (Å²) < 4.78 is 7.64. The largest absolute Gasteiger partial charge is 0.481 e. The van der Waals surface area contributed by atoms with Gasteiger partial charge in [-0.2, -0.15) is 0 Å². The summed E-state index contributed by atoms with van der Waals surface area (Å²) in [6.45, 7) is 10.2. The van der Waals surface area contributed by atoms with Crippen molar-refractivity contribution in [2.45, 2.75) is 77.4 Å². The maximum absolute atomic E-state index is 11.0. The number of carbonyl (C=O) groups is 1. The first-order valence-corrected chi connectivity index (χ1v) is 16.7. The van der Waals surface area contributed by atoms with E-state index in [-0.39, 0.29) is 0 Å². The van der Waals surface area contributed by atoms with Crippen LogP contribution < -0.4 is 0 Å². The van der Waals surface area contributed by atoms with E-state index in [1.807, 2.05) is 25.3 Å². The number of rotatable bonds is 10. The van der Waals surface area contributed by atoms with Crippen LogP contribution in [-0.4, -0.2) is 45.5 Å². The van der Waals surface area contributed by atoms with Crippen LogP contribution in [0.1, 0.15) is 49.4 Å². The van der Waals surface area contributed by atoms with Gasteiger partial charge in [0.2, 0.25) is 0 Å². The molecule has 1 fully saturated rings. The van der Waals surface area contributed by atoms with Crippen molar-refractivity contribution in [1.82, 2.24) is 19.7 Å². The van der Waals surface area contributed by atoms with Gasteiger partial charge in [-0.15, -0.1) is 5.10 Å². The molecule has 8 heteroatoms. The number of carboxylic acids is 1. The van der Waals surface area contributed by atoms with Gasteiger partial charge in [-0.3, -0.25) is 9.78 Å². The molecule has 0 radical (unpaired) electrons. The Morgan fingerprint density at radius 3 is 2.36 bits per heavy atom. The minimum Gasteiger partial charge on any atom is -0.481 e. The van der Waals surface area contributed by atoms with E-state index in [4.69, 9.17) is 9.84 Å². The topological polar surface area (TPSA) is 90.1 Å². The van der Waals surface area contributed by atoms with Crippen molar-refractivity contribution in [1.29, 1.82) is 0 Å². The quantitative estimate of drug-likeness (QED) is 0.254. The van der Waals surface area contributed by atoms with Crippen LogP contribution in [-0.2, 0) is 16.3 Å². The first kappa shape index (κ1) is 26.2. The van der Waals surface area contributed by atoms with Crippen LogP contribution in [0.2, 0.25) is 25.7 Å². The van der Waals surface area contributed by atoms with E-state index in [9.17, 15) is 4.79 Å². The van der Waals surface area contributed by atoms with Gasteiger partial charge in [0.25, 0.3) is 0 Å². The Morgan fingerprint density at radius 1 is 1.06 bits per heavy atom. The summed E-state index contributed by atoms with van der Waals surface area (Å²) in [7, 11) is -1.11. The fraction of sp³-hybridized carbons (Fsp3) is 0.500. The van der Waals surface area contributed by atoms with Crippen LogP contribution in [0, 0.1) is 12.8 Å². The van der Waals surface area contributed by atoms with Crippen LogP contribution in [0.5, 0.6) is 0 Å². The van der Waals surface area contributed by atoms with Crippen molar-refractivity contribution in [2.75, 3.05) is 6.61 Å². The molecule has 0 amide bonds. The summed E-state index contributed by atoms with van der Waals surface area (Å²) in [6, 6.07) is 13.8. The molecular weight excluding hydrogens is 468 g/mol. The van der Waals surface area contributed by atoms with Gasteiger partial charge in [-0.05, 0) is 68.2 Å². The number of benzene rings is 1. The van der Waals surface area contributed by atoms with Gasteiger partial charge in [0.15, 0.2) is 5.82 Å². The molecule has 7 nitrogen and oxygen atoms in total. The van der Waals surface area contributed by atoms with Crippen LogP contribution in [0.3, 0.4) is 0 Å². The molecule has 0 bridgehead atoms. The predicted octanol–water partition coefficient (Wildman–Crippen LogP) is 6.38. The Kier molecular flexibility index (Phi) is 8.36. The summed E-state index contributed by atoms with van der Waals surface area (Å²) in [5.41, 5.74) is 4.22. The molecule has 192 valence electrons. The van der Waals surface area contributed by atoms with E-state index < -0.39 is 14.0 Å². The SMILES string of the molecule is Cc1nc(-c2ccc(-c3ccc(C4CCC(CC(=O)O)CC4)cc3)nc2)nn1COCC[Si](C)(C)C. The summed E-state index contributed by atoms with van der Waals surface area (Å²) in [6.07, 6.45) is 6.25. The molecule has 1 saturated carbocycles. The zero-order valence-corrected chi connectivity index (χ0v) is 22.9. The predicted molar refractivity (Wildman–Crippen MR) is 144 cm³/mol. The standard InChI is InChI=1S/C28H38N4O3Si/c1-20-30-28(31-32(20)19-35-15-16-36(2,3)4)25-13-14-26(29-18-25)24-11-9-23(10-12-24)22-7-5-21(6-8-22)17-27(33)34/h9-14,18,21-22H,5-8,15-17,19H2,1-4H3,(H,33,34). The van der Waals surface area contributed by atoms with E-state index in [1.165, 1.54) is 5.56 Å². The lowest BCUT2D eigenvalue weighted by Crippen LogP contribution is -2.22. The molecule has 4 rings (SSSR count). The van der Waals surface area contributed by atoms with Crippen LogP contribution in [0.25, 0.3) is 22.6 Å². The highest BCUT2D eigenvalue weighted by atomic mass is 28.3. The minimum atomic E-state index is -1.11. The fourth-order valence-corrected chi connectivity index (χ4v) is 5.52. The number of ether oxygens (including phenoxy) is 1. The Labute approximate surface area is 215 Å².